The average Bonchev–Trinajstić information content (AvgIpc) is 2.43. The molecule has 1 heterocycles. The molecule has 1 unspecified atom stereocenters. The Kier molecular flexibility index (Phi) is 3.51. The highest BCUT2D eigenvalue weighted by Gasteiger charge is 2.39. The minimum atomic E-state index is -0.426. The highest BCUT2D eigenvalue weighted by Crippen LogP contribution is 2.35. The molecule has 0 saturated carbocycles. The van der Waals surface area contributed by atoms with E-state index < -0.39 is 5.54 Å². The quantitative estimate of drug-likeness (QED) is 0.708. The van der Waals surface area contributed by atoms with E-state index in [1.54, 1.807) is 0 Å². The molecule has 3 heteroatoms. The van der Waals surface area contributed by atoms with Crippen LogP contribution in [0, 0.1) is 11.3 Å². The lowest BCUT2D eigenvalue weighted by atomic mass is 9.75. The second-order valence-corrected chi connectivity index (χ2v) is 6.63. The van der Waals surface area contributed by atoms with E-state index in [2.05, 4.69) is 27.7 Å². The zero-order valence-corrected chi connectivity index (χ0v) is 11.7. The van der Waals surface area contributed by atoms with Crippen LogP contribution in [-0.2, 0) is 9.59 Å². The fourth-order valence-electron chi connectivity index (χ4n) is 2.14. The summed E-state index contributed by atoms with van der Waals surface area (Å²) in [7, 11) is 0. The molecule has 0 N–H and O–H groups in total. The van der Waals surface area contributed by atoms with Crippen molar-refractivity contribution in [3.63, 3.8) is 0 Å². The van der Waals surface area contributed by atoms with Gasteiger partial charge in [-0.3, -0.25) is 14.5 Å². The fourth-order valence-corrected chi connectivity index (χ4v) is 2.14. The van der Waals surface area contributed by atoms with Crippen molar-refractivity contribution in [2.24, 2.45) is 11.3 Å². The van der Waals surface area contributed by atoms with Gasteiger partial charge >= 0.3 is 0 Å². The van der Waals surface area contributed by atoms with E-state index in [1.165, 1.54) is 17.1 Å². The van der Waals surface area contributed by atoms with Crippen LogP contribution in [0.2, 0.25) is 0 Å². The SMILES string of the molecule is CC(CC(C)(C)N1C(=O)C=CC1=O)C(C)(C)C. The lowest BCUT2D eigenvalue weighted by Crippen LogP contribution is -2.49. The smallest absolute Gasteiger partial charge is 0.254 e. The van der Waals surface area contributed by atoms with Gasteiger partial charge in [-0.25, -0.2) is 0 Å². The second kappa shape index (κ2) is 4.28. The van der Waals surface area contributed by atoms with Gasteiger partial charge in [0.2, 0.25) is 0 Å². The summed E-state index contributed by atoms with van der Waals surface area (Å²) >= 11 is 0. The van der Waals surface area contributed by atoms with Crippen molar-refractivity contribution in [3.8, 4) is 0 Å². The molecule has 0 fully saturated rings. The van der Waals surface area contributed by atoms with Gasteiger partial charge in [-0.1, -0.05) is 27.7 Å². The summed E-state index contributed by atoms with van der Waals surface area (Å²) in [6, 6.07) is 0. The molecule has 96 valence electrons. The first kappa shape index (κ1) is 13.9. The highest BCUT2D eigenvalue weighted by molar-refractivity contribution is 6.13. The van der Waals surface area contributed by atoms with E-state index in [0.717, 1.165) is 6.42 Å². The van der Waals surface area contributed by atoms with Crippen LogP contribution in [0.5, 0.6) is 0 Å². The first-order valence-electron chi connectivity index (χ1n) is 6.12. The molecular weight excluding hydrogens is 214 g/mol. The van der Waals surface area contributed by atoms with Crippen LogP contribution in [0.15, 0.2) is 12.2 Å². The number of hydrogen-bond acceptors (Lipinski definition) is 2. The molecule has 0 aliphatic carbocycles. The van der Waals surface area contributed by atoms with Crippen molar-refractivity contribution in [2.45, 2.75) is 53.5 Å². The summed E-state index contributed by atoms with van der Waals surface area (Å²) in [4.78, 5) is 24.7. The number of carbonyl (C=O) groups is 2. The van der Waals surface area contributed by atoms with Crippen LogP contribution in [0.1, 0.15) is 48.0 Å². The zero-order chi connectivity index (χ0) is 13.4. The maximum Gasteiger partial charge on any atom is 0.254 e. The molecule has 0 bridgehead atoms. The fraction of sp³-hybridized carbons (Fsp3) is 0.714. The van der Waals surface area contributed by atoms with E-state index in [1.807, 2.05) is 13.8 Å². The lowest BCUT2D eigenvalue weighted by Gasteiger charge is -2.39. The molecule has 1 aliphatic heterocycles. The maximum atomic E-state index is 11.7. The number of nitrogens with zero attached hydrogens (tertiary/aromatic N) is 1. The van der Waals surface area contributed by atoms with Gasteiger partial charge in [0.05, 0.1) is 0 Å². The number of amides is 2. The Morgan fingerprint density at radius 1 is 1.06 bits per heavy atom. The van der Waals surface area contributed by atoms with Gasteiger partial charge in [-0.2, -0.15) is 0 Å². The van der Waals surface area contributed by atoms with Crippen LogP contribution in [0.4, 0.5) is 0 Å². The Morgan fingerprint density at radius 2 is 1.47 bits per heavy atom. The van der Waals surface area contributed by atoms with Crippen molar-refractivity contribution in [3.05, 3.63) is 12.2 Å². The highest BCUT2D eigenvalue weighted by atomic mass is 16.2. The summed E-state index contributed by atoms with van der Waals surface area (Å²) in [6.07, 6.45) is 3.52. The molecule has 0 aromatic heterocycles. The van der Waals surface area contributed by atoms with E-state index in [9.17, 15) is 9.59 Å². The number of hydrogen-bond donors (Lipinski definition) is 0. The standard InChI is InChI=1S/C14H23NO2/c1-10(13(2,3)4)9-14(5,6)15-11(16)7-8-12(15)17/h7-8,10H,9H2,1-6H3. The predicted octanol–water partition coefficient (Wildman–Crippen LogP) is 2.76. The maximum absolute atomic E-state index is 11.7. The molecule has 2 amide bonds. The lowest BCUT2D eigenvalue weighted by molar-refractivity contribution is -0.143. The second-order valence-electron chi connectivity index (χ2n) is 6.63. The third kappa shape index (κ3) is 2.96. The molecule has 0 aromatic carbocycles. The van der Waals surface area contributed by atoms with Crippen LogP contribution in [0.3, 0.4) is 0 Å². The Bertz CT molecular complexity index is 343. The van der Waals surface area contributed by atoms with Crippen molar-refractivity contribution in [2.75, 3.05) is 0 Å². The molecule has 0 radical (unpaired) electrons. The number of carbonyl (C=O) groups excluding carboxylic acids is 2. The van der Waals surface area contributed by atoms with Gasteiger partial charge in [0, 0.05) is 17.7 Å². The molecule has 1 rings (SSSR count). The summed E-state index contributed by atoms with van der Waals surface area (Å²) in [6.45, 7) is 12.6. The minimum absolute atomic E-state index is 0.177. The first-order valence-corrected chi connectivity index (χ1v) is 6.12. The van der Waals surface area contributed by atoms with E-state index in [0.29, 0.717) is 5.92 Å². The van der Waals surface area contributed by atoms with Crippen LogP contribution in [0.25, 0.3) is 0 Å². The molecule has 1 aliphatic rings. The Hall–Kier alpha value is -1.12. The Morgan fingerprint density at radius 3 is 1.82 bits per heavy atom. The molecule has 0 saturated heterocycles. The van der Waals surface area contributed by atoms with E-state index >= 15 is 0 Å². The van der Waals surface area contributed by atoms with Crippen LogP contribution in [-0.4, -0.2) is 22.3 Å². The molecular formula is C14H23NO2. The summed E-state index contributed by atoms with van der Waals surface area (Å²) in [5, 5.41) is 0. The largest absolute Gasteiger partial charge is 0.270 e. The van der Waals surface area contributed by atoms with Gasteiger partial charge in [-0.05, 0) is 31.6 Å². The van der Waals surface area contributed by atoms with Crippen LogP contribution >= 0.6 is 0 Å². The topological polar surface area (TPSA) is 37.4 Å². The zero-order valence-electron chi connectivity index (χ0n) is 11.7. The van der Waals surface area contributed by atoms with Crippen molar-refractivity contribution >= 4 is 11.8 Å². The number of rotatable bonds is 3. The van der Waals surface area contributed by atoms with Crippen molar-refractivity contribution in [1.82, 2.24) is 4.90 Å². The van der Waals surface area contributed by atoms with Crippen LogP contribution < -0.4 is 0 Å². The van der Waals surface area contributed by atoms with E-state index in [-0.39, 0.29) is 17.2 Å². The van der Waals surface area contributed by atoms with Gasteiger partial charge in [0.15, 0.2) is 0 Å². The molecule has 17 heavy (non-hydrogen) atoms. The number of imide groups is 1. The van der Waals surface area contributed by atoms with Crippen molar-refractivity contribution < 1.29 is 9.59 Å². The molecule has 0 spiro atoms. The monoisotopic (exact) mass is 237 g/mol. The third-order valence-electron chi connectivity index (χ3n) is 3.70. The van der Waals surface area contributed by atoms with Crippen molar-refractivity contribution in [1.29, 1.82) is 0 Å². The third-order valence-corrected chi connectivity index (χ3v) is 3.70. The Balaban J connectivity index is 2.82. The Labute approximate surface area is 104 Å². The average molecular weight is 237 g/mol. The van der Waals surface area contributed by atoms with Gasteiger partial charge < -0.3 is 0 Å². The first-order chi connectivity index (χ1) is 7.55. The molecule has 3 nitrogen and oxygen atoms in total. The van der Waals surface area contributed by atoms with Gasteiger partial charge in [0.1, 0.15) is 0 Å². The minimum Gasteiger partial charge on any atom is -0.270 e. The molecule has 1 atom stereocenters. The van der Waals surface area contributed by atoms with Gasteiger partial charge in [-0.15, -0.1) is 0 Å². The van der Waals surface area contributed by atoms with E-state index in [4.69, 9.17) is 0 Å². The molecule has 0 aromatic rings. The predicted molar refractivity (Wildman–Crippen MR) is 68.3 cm³/mol. The summed E-state index contributed by atoms with van der Waals surface area (Å²) in [5.41, 5.74) is -0.249. The summed E-state index contributed by atoms with van der Waals surface area (Å²) < 4.78 is 0. The summed E-state index contributed by atoms with van der Waals surface area (Å²) in [5.74, 6) is 0.0425. The van der Waals surface area contributed by atoms with Gasteiger partial charge in [0.25, 0.3) is 11.8 Å². The normalized spacial score (nSPS) is 19.1.